The lowest BCUT2D eigenvalue weighted by atomic mass is 9.70. The van der Waals surface area contributed by atoms with Crippen molar-refractivity contribution in [2.45, 2.75) is 46.0 Å². The third-order valence-electron chi connectivity index (χ3n) is 6.48. The smallest absolute Gasteiger partial charge is 0.299 e. The fourth-order valence-electron chi connectivity index (χ4n) is 4.65. The van der Waals surface area contributed by atoms with Gasteiger partial charge in [0, 0.05) is 19.3 Å². The lowest BCUT2D eigenvalue weighted by Gasteiger charge is -2.35. The minimum Gasteiger partial charge on any atom is -0.299 e. The first-order valence-electron chi connectivity index (χ1n) is 9.30. The second-order valence-electron chi connectivity index (χ2n) is 8.20. The zero-order valence-electron chi connectivity index (χ0n) is 15.8. The zero-order valence-corrected chi connectivity index (χ0v) is 16.6. The Labute approximate surface area is 160 Å². The van der Waals surface area contributed by atoms with E-state index in [-0.39, 0.29) is 29.3 Å². The first kappa shape index (κ1) is 20.0. The second-order valence-corrected chi connectivity index (χ2v) is 9.76. The Hall–Kier alpha value is -1.76. The molecule has 2 unspecified atom stereocenters. The molecule has 0 aliphatic heterocycles. The standard InChI is InChI=1S/C20H26FNO4S/c1-19(2)16-8-10-20(19,18(23)13-16)14-27(24,25)26-22-17(9-11-21)12-15-6-4-3-5-7-15/h3-7,16H,8-14H2,1-2H3. The number of ketones is 1. The predicted octanol–water partition coefficient (Wildman–Crippen LogP) is 3.69. The van der Waals surface area contributed by atoms with Crippen LogP contribution in [0, 0.1) is 16.7 Å². The normalized spacial score (nSPS) is 27.1. The van der Waals surface area contributed by atoms with Gasteiger partial charge in [-0.2, -0.15) is 8.42 Å². The van der Waals surface area contributed by atoms with Crippen molar-refractivity contribution in [2.24, 2.45) is 21.9 Å². The van der Waals surface area contributed by atoms with Crippen LogP contribution in [0.5, 0.6) is 0 Å². The van der Waals surface area contributed by atoms with Crippen LogP contribution in [-0.2, 0) is 25.6 Å². The van der Waals surface area contributed by atoms with E-state index < -0.39 is 22.2 Å². The number of oxime groups is 1. The molecule has 0 radical (unpaired) electrons. The Morgan fingerprint density at radius 2 is 2.00 bits per heavy atom. The maximum absolute atomic E-state index is 12.8. The number of Topliss-reactive ketones (excluding diaryl/α,β-unsaturated/α-hetero) is 1. The number of fused-ring (bicyclic) bond motifs is 2. The van der Waals surface area contributed by atoms with Crippen LogP contribution >= 0.6 is 0 Å². The van der Waals surface area contributed by atoms with Crippen LogP contribution in [0.4, 0.5) is 4.39 Å². The van der Waals surface area contributed by atoms with Crippen molar-refractivity contribution < 1.29 is 21.9 Å². The molecule has 0 spiro atoms. The number of carbonyl (C=O) groups is 1. The molecule has 0 aromatic heterocycles. The maximum Gasteiger partial charge on any atom is 0.329 e. The molecule has 2 aliphatic rings. The Kier molecular flexibility index (Phi) is 5.43. The third-order valence-corrected chi connectivity index (χ3v) is 7.62. The Morgan fingerprint density at radius 1 is 1.30 bits per heavy atom. The zero-order chi connectivity index (χ0) is 19.7. The highest BCUT2D eigenvalue weighted by Gasteiger charge is 2.65. The van der Waals surface area contributed by atoms with Crippen LogP contribution in [0.3, 0.4) is 0 Å². The van der Waals surface area contributed by atoms with Crippen LogP contribution in [0.2, 0.25) is 0 Å². The Morgan fingerprint density at radius 3 is 2.56 bits per heavy atom. The van der Waals surface area contributed by atoms with E-state index in [0.717, 1.165) is 12.0 Å². The van der Waals surface area contributed by atoms with Gasteiger partial charge in [-0.15, -0.1) is 0 Å². The van der Waals surface area contributed by atoms with Crippen molar-refractivity contribution in [3.05, 3.63) is 35.9 Å². The van der Waals surface area contributed by atoms with Gasteiger partial charge >= 0.3 is 10.1 Å². The molecule has 0 amide bonds. The van der Waals surface area contributed by atoms with Crippen LogP contribution < -0.4 is 0 Å². The summed E-state index contributed by atoms with van der Waals surface area (Å²) in [4.78, 5) is 12.5. The van der Waals surface area contributed by atoms with E-state index in [9.17, 15) is 17.6 Å². The van der Waals surface area contributed by atoms with Crippen molar-refractivity contribution in [3.63, 3.8) is 0 Å². The second kappa shape index (κ2) is 7.34. The lowest BCUT2D eigenvalue weighted by molar-refractivity contribution is -0.128. The molecule has 1 aromatic carbocycles. The molecule has 3 rings (SSSR count). The van der Waals surface area contributed by atoms with Gasteiger partial charge in [0.1, 0.15) is 11.5 Å². The van der Waals surface area contributed by atoms with Crippen LogP contribution in [-0.4, -0.2) is 32.3 Å². The fraction of sp³-hybridized carbons (Fsp3) is 0.600. The molecule has 148 valence electrons. The number of hydrogen-bond donors (Lipinski definition) is 0. The van der Waals surface area contributed by atoms with Gasteiger partial charge in [0.25, 0.3) is 0 Å². The van der Waals surface area contributed by atoms with Crippen LogP contribution in [0.25, 0.3) is 0 Å². The van der Waals surface area contributed by atoms with Crippen molar-refractivity contribution >= 4 is 21.6 Å². The van der Waals surface area contributed by atoms with E-state index >= 15 is 0 Å². The van der Waals surface area contributed by atoms with E-state index in [1.807, 2.05) is 44.2 Å². The van der Waals surface area contributed by atoms with E-state index in [4.69, 9.17) is 4.28 Å². The first-order valence-corrected chi connectivity index (χ1v) is 10.9. The quantitative estimate of drug-likeness (QED) is 0.497. The SMILES string of the molecule is CC1(C)C2CCC1(CS(=O)(=O)ON=C(CCF)Cc1ccccc1)C(=O)C2. The minimum absolute atomic E-state index is 0.00204. The van der Waals surface area contributed by atoms with Crippen molar-refractivity contribution in [1.82, 2.24) is 0 Å². The van der Waals surface area contributed by atoms with Gasteiger partial charge in [-0.05, 0) is 29.7 Å². The molecule has 0 heterocycles. The summed E-state index contributed by atoms with van der Waals surface area (Å²) in [5.74, 6) is -0.128. The summed E-state index contributed by atoms with van der Waals surface area (Å²) in [5.41, 5.74) is -0.0389. The molecule has 1 aromatic rings. The monoisotopic (exact) mass is 395 g/mol. The molecule has 5 nitrogen and oxygen atoms in total. The summed E-state index contributed by atoms with van der Waals surface area (Å²) < 4.78 is 42.9. The predicted molar refractivity (Wildman–Crippen MR) is 102 cm³/mol. The van der Waals surface area contributed by atoms with Gasteiger partial charge in [-0.3, -0.25) is 13.5 Å². The number of rotatable bonds is 8. The van der Waals surface area contributed by atoms with Gasteiger partial charge in [0.15, 0.2) is 0 Å². The molecular weight excluding hydrogens is 369 g/mol. The highest BCUT2D eigenvalue weighted by Crippen LogP contribution is 2.64. The molecule has 2 atom stereocenters. The average Bonchev–Trinajstić information content (AvgIpc) is 2.95. The fourth-order valence-corrected chi connectivity index (χ4v) is 6.21. The number of hydrogen-bond acceptors (Lipinski definition) is 5. The third kappa shape index (κ3) is 3.79. The van der Waals surface area contributed by atoms with Gasteiger partial charge in [-0.25, -0.2) is 0 Å². The van der Waals surface area contributed by atoms with E-state index in [0.29, 0.717) is 25.0 Å². The van der Waals surface area contributed by atoms with Gasteiger partial charge in [-0.1, -0.05) is 49.3 Å². The summed E-state index contributed by atoms with van der Waals surface area (Å²) in [6, 6.07) is 9.29. The molecule has 2 saturated carbocycles. The summed E-state index contributed by atoms with van der Waals surface area (Å²) in [5, 5.41) is 3.75. The van der Waals surface area contributed by atoms with Crippen LogP contribution in [0.1, 0.15) is 45.1 Å². The van der Waals surface area contributed by atoms with Gasteiger partial charge in [0.2, 0.25) is 0 Å². The molecule has 2 bridgehead atoms. The number of alkyl halides is 1. The van der Waals surface area contributed by atoms with Crippen LogP contribution in [0.15, 0.2) is 35.5 Å². The average molecular weight is 395 g/mol. The number of nitrogens with zero attached hydrogens (tertiary/aromatic N) is 1. The van der Waals surface area contributed by atoms with Crippen molar-refractivity contribution in [2.75, 3.05) is 12.4 Å². The molecule has 0 N–H and O–H groups in total. The molecule has 2 fully saturated rings. The summed E-state index contributed by atoms with van der Waals surface area (Å²) in [6.07, 6.45) is 2.18. The highest BCUT2D eigenvalue weighted by atomic mass is 32.2. The molecule has 7 heteroatoms. The lowest BCUT2D eigenvalue weighted by Crippen LogP contribution is -2.42. The number of carbonyl (C=O) groups excluding carboxylic acids is 1. The summed E-state index contributed by atoms with van der Waals surface area (Å²) in [6.45, 7) is 3.29. The molecule has 0 saturated heterocycles. The Bertz CT molecular complexity index is 835. The van der Waals surface area contributed by atoms with Gasteiger partial charge in [0.05, 0.1) is 17.8 Å². The number of halogens is 1. The topological polar surface area (TPSA) is 72.8 Å². The largest absolute Gasteiger partial charge is 0.329 e. The van der Waals surface area contributed by atoms with Crippen molar-refractivity contribution in [1.29, 1.82) is 0 Å². The van der Waals surface area contributed by atoms with E-state index in [1.165, 1.54) is 0 Å². The molecule has 27 heavy (non-hydrogen) atoms. The minimum atomic E-state index is -4.05. The van der Waals surface area contributed by atoms with Gasteiger partial charge < -0.3 is 0 Å². The summed E-state index contributed by atoms with van der Waals surface area (Å²) in [7, 11) is -4.05. The first-order chi connectivity index (χ1) is 12.7. The molecular formula is C20H26FNO4S. The summed E-state index contributed by atoms with van der Waals surface area (Å²) >= 11 is 0. The Balaban J connectivity index is 1.75. The highest BCUT2D eigenvalue weighted by molar-refractivity contribution is 7.86. The maximum atomic E-state index is 12.8. The van der Waals surface area contributed by atoms with Crippen molar-refractivity contribution in [3.8, 4) is 0 Å². The molecule has 2 aliphatic carbocycles. The van der Waals surface area contributed by atoms with E-state index in [1.54, 1.807) is 0 Å². The number of benzene rings is 1. The van der Waals surface area contributed by atoms with E-state index in [2.05, 4.69) is 5.16 Å².